The molecule has 3 N–H and O–H groups in total. The van der Waals surface area contributed by atoms with Gasteiger partial charge in [-0.25, -0.2) is 0 Å². The molecule has 17 heavy (non-hydrogen) atoms. The van der Waals surface area contributed by atoms with Gasteiger partial charge in [-0.3, -0.25) is 9.59 Å². The van der Waals surface area contributed by atoms with E-state index in [9.17, 15) is 9.59 Å². The van der Waals surface area contributed by atoms with Crippen molar-refractivity contribution in [1.82, 2.24) is 0 Å². The molecule has 0 spiro atoms. The Kier molecular flexibility index (Phi) is 5.96. The van der Waals surface area contributed by atoms with Crippen molar-refractivity contribution in [3.63, 3.8) is 0 Å². The second-order valence-corrected chi connectivity index (χ2v) is 4.71. The minimum absolute atomic E-state index is 0.00155. The molecule has 0 atom stereocenters. The number of primary amides is 1. The summed E-state index contributed by atoms with van der Waals surface area (Å²) < 4.78 is 1.07. The maximum absolute atomic E-state index is 11.5. The number of hydrogen-bond donors (Lipinski definition) is 2. The zero-order valence-electron chi connectivity index (χ0n) is 9.41. The van der Waals surface area contributed by atoms with Crippen molar-refractivity contribution >= 4 is 40.1 Å². The van der Waals surface area contributed by atoms with Gasteiger partial charge in [0.05, 0.1) is 0 Å². The molecule has 0 saturated carbocycles. The minimum atomic E-state index is -0.468. The average molecular weight is 346 g/mol. The molecule has 92 valence electrons. The Labute approximate surface area is 114 Å². The Balaban J connectivity index is 2.46. The molecule has 0 heterocycles. The van der Waals surface area contributed by atoms with Gasteiger partial charge in [-0.15, -0.1) is 0 Å². The lowest BCUT2D eigenvalue weighted by Gasteiger charge is -2.05. The van der Waals surface area contributed by atoms with Crippen molar-refractivity contribution in [3.8, 4) is 0 Å². The van der Waals surface area contributed by atoms with E-state index in [1.54, 1.807) is 24.3 Å². The van der Waals surface area contributed by atoms with E-state index in [1.807, 2.05) is 0 Å². The Bertz CT molecular complexity index is 390. The maximum Gasteiger partial charge on any atom is 0.248 e. The van der Waals surface area contributed by atoms with Gasteiger partial charge in [0.25, 0.3) is 0 Å². The standard InChI is InChI=1S/C12H15IN2O2/c13-8-2-1-3-11(16)15-10-6-4-9(5-7-10)12(14)17/h4-7H,1-3,8H2,(H2,14,17)(H,15,16). The van der Waals surface area contributed by atoms with E-state index in [4.69, 9.17) is 5.73 Å². The van der Waals surface area contributed by atoms with Crippen molar-refractivity contribution < 1.29 is 9.59 Å². The normalized spacial score (nSPS) is 9.94. The van der Waals surface area contributed by atoms with E-state index in [2.05, 4.69) is 27.9 Å². The van der Waals surface area contributed by atoms with Gasteiger partial charge in [-0.05, 0) is 41.5 Å². The number of halogens is 1. The zero-order chi connectivity index (χ0) is 12.7. The fourth-order valence-corrected chi connectivity index (χ4v) is 1.86. The summed E-state index contributed by atoms with van der Waals surface area (Å²) in [6, 6.07) is 6.55. The molecule has 2 amide bonds. The van der Waals surface area contributed by atoms with Crippen molar-refractivity contribution in [1.29, 1.82) is 0 Å². The predicted molar refractivity (Wildman–Crippen MR) is 76.3 cm³/mol. The third-order valence-corrected chi connectivity index (χ3v) is 3.00. The molecule has 1 aromatic carbocycles. The van der Waals surface area contributed by atoms with Crippen molar-refractivity contribution in [2.75, 3.05) is 9.74 Å². The van der Waals surface area contributed by atoms with Crippen LogP contribution in [0.25, 0.3) is 0 Å². The number of rotatable bonds is 6. The van der Waals surface area contributed by atoms with E-state index in [-0.39, 0.29) is 5.91 Å². The van der Waals surface area contributed by atoms with Crippen LogP contribution in [0.5, 0.6) is 0 Å². The summed E-state index contributed by atoms with van der Waals surface area (Å²) in [4.78, 5) is 22.3. The number of amides is 2. The average Bonchev–Trinajstić information content (AvgIpc) is 2.30. The van der Waals surface area contributed by atoms with Gasteiger partial charge in [-0.2, -0.15) is 0 Å². The fraction of sp³-hybridized carbons (Fsp3) is 0.333. The molecule has 0 fully saturated rings. The van der Waals surface area contributed by atoms with Crippen LogP contribution in [0.2, 0.25) is 0 Å². The third-order valence-electron chi connectivity index (χ3n) is 2.24. The summed E-state index contributed by atoms with van der Waals surface area (Å²) in [6.07, 6.45) is 2.48. The van der Waals surface area contributed by atoms with Crippen LogP contribution in [0, 0.1) is 0 Å². The summed E-state index contributed by atoms with van der Waals surface area (Å²) >= 11 is 2.29. The van der Waals surface area contributed by atoms with Gasteiger partial charge in [-0.1, -0.05) is 22.6 Å². The number of nitrogens with one attached hydrogen (secondary N) is 1. The second kappa shape index (κ2) is 7.26. The Hall–Kier alpha value is -1.11. The lowest BCUT2D eigenvalue weighted by atomic mass is 10.2. The van der Waals surface area contributed by atoms with Gasteiger partial charge < -0.3 is 11.1 Å². The first-order chi connectivity index (χ1) is 8.13. The molecule has 1 rings (SSSR count). The van der Waals surface area contributed by atoms with Crippen LogP contribution in [-0.4, -0.2) is 16.2 Å². The van der Waals surface area contributed by atoms with Crippen LogP contribution >= 0.6 is 22.6 Å². The Morgan fingerprint density at radius 3 is 2.35 bits per heavy atom. The molecule has 4 nitrogen and oxygen atoms in total. The molecule has 0 unspecified atom stereocenters. The van der Waals surface area contributed by atoms with Crippen molar-refractivity contribution in [3.05, 3.63) is 29.8 Å². The van der Waals surface area contributed by atoms with E-state index in [1.165, 1.54) is 0 Å². The van der Waals surface area contributed by atoms with Crippen LogP contribution in [0.4, 0.5) is 5.69 Å². The number of nitrogens with two attached hydrogens (primary N) is 1. The van der Waals surface area contributed by atoms with Gasteiger partial charge in [0.15, 0.2) is 0 Å². The van der Waals surface area contributed by atoms with Crippen LogP contribution in [0.3, 0.4) is 0 Å². The van der Waals surface area contributed by atoms with E-state index >= 15 is 0 Å². The van der Waals surface area contributed by atoms with Crippen molar-refractivity contribution in [2.45, 2.75) is 19.3 Å². The highest BCUT2D eigenvalue weighted by Gasteiger charge is 2.03. The molecule has 0 saturated heterocycles. The van der Waals surface area contributed by atoms with Gasteiger partial charge in [0.2, 0.25) is 11.8 Å². The van der Waals surface area contributed by atoms with Crippen LogP contribution < -0.4 is 11.1 Å². The van der Waals surface area contributed by atoms with E-state index in [0.717, 1.165) is 17.3 Å². The number of anilines is 1. The van der Waals surface area contributed by atoms with E-state index < -0.39 is 5.91 Å². The number of unbranched alkanes of at least 4 members (excludes halogenated alkanes) is 1. The van der Waals surface area contributed by atoms with Crippen LogP contribution in [0.15, 0.2) is 24.3 Å². The summed E-state index contributed by atoms with van der Waals surface area (Å²) in [5, 5.41) is 2.77. The van der Waals surface area contributed by atoms with Crippen LogP contribution in [-0.2, 0) is 4.79 Å². The third kappa shape index (κ3) is 5.16. The quantitative estimate of drug-likeness (QED) is 0.471. The number of carbonyl (C=O) groups excluding carboxylic acids is 2. The fourth-order valence-electron chi connectivity index (χ4n) is 1.32. The lowest BCUT2D eigenvalue weighted by Crippen LogP contribution is -2.13. The summed E-state index contributed by atoms with van der Waals surface area (Å²) in [7, 11) is 0. The highest BCUT2D eigenvalue weighted by atomic mass is 127. The summed E-state index contributed by atoms with van der Waals surface area (Å²) in [5.74, 6) is -0.466. The first-order valence-electron chi connectivity index (χ1n) is 5.39. The van der Waals surface area contributed by atoms with Gasteiger partial charge in [0, 0.05) is 17.7 Å². The van der Waals surface area contributed by atoms with E-state index in [0.29, 0.717) is 17.7 Å². The predicted octanol–water partition coefficient (Wildman–Crippen LogP) is 2.33. The second-order valence-electron chi connectivity index (χ2n) is 3.64. The summed E-state index contributed by atoms with van der Waals surface area (Å²) in [6.45, 7) is 0. The Morgan fingerprint density at radius 1 is 1.18 bits per heavy atom. The largest absolute Gasteiger partial charge is 0.366 e. The van der Waals surface area contributed by atoms with Crippen LogP contribution in [0.1, 0.15) is 29.6 Å². The zero-order valence-corrected chi connectivity index (χ0v) is 11.6. The SMILES string of the molecule is NC(=O)c1ccc(NC(=O)CCCCI)cc1. The smallest absolute Gasteiger partial charge is 0.248 e. The number of carbonyl (C=O) groups is 2. The minimum Gasteiger partial charge on any atom is -0.366 e. The van der Waals surface area contributed by atoms with Crippen molar-refractivity contribution in [2.24, 2.45) is 5.73 Å². The lowest BCUT2D eigenvalue weighted by molar-refractivity contribution is -0.116. The number of hydrogen-bond acceptors (Lipinski definition) is 2. The number of alkyl halides is 1. The molecular weight excluding hydrogens is 331 g/mol. The molecule has 0 aromatic heterocycles. The molecule has 5 heteroatoms. The first kappa shape index (κ1) is 14.0. The molecule has 0 bridgehead atoms. The highest BCUT2D eigenvalue weighted by Crippen LogP contribution is 2.10. The summed E-state index contributed by atoms with van der Waals surface area (Å²) in [5.41, 5.74) is 6.25. The molecule has 1 aromatic rings. The molecule has 0 aliphatic heterocycles. The van der Waals surface area contributed by atoms with Gasteiger partial charge in [0.1, 0.15) is 0 Å². The first-order valence-corrected chi connectivity index (χ1v) is 6.91. The maximum atomic E-state index is 11.5. The topological polar surface area (TPSA) is 72.2 Å². The Morgan fingerprint density at radius 2 is 1.82 bits per heavy atom. The molecular formula is C12H15IN2O2. The molecule has 0 aliphatic rings. The monoisotopic (exact) mass is 346 g/mol. The molecule has 0 radical (unpaired) electrons. The highest BCUT2D eigenvalue weighted by molar-refractivity contribution is 14.1. The number of benzene rings is 1. The van der Waals surface area contributed by atoms with Gasteiger partial charge >= 0.3 is 0 Å². The molecule has 0 aliphatic carbocycles.